The van der Waals surface area contributed by atoms with E-state index in [-0.39, 0.29) is 32.4 Å². The van der Waals surface area contributed by atoms with Gasteiger partial charge < -0.3 is 34.6 Å². The summed E-state index contributed by atoms with van der Waals surface area (Å²) in [6.07, 6.45) is 6.52. The first-order valence-corrected chi connectivity index (χ1v) is 20.0. The second kappa shape index (κ2) is 15.0. The van der Waals surface area contributed by atoms with Crippen LogP contribution in [0.2, 0.25) is 0 Å². The topological polar surface area (TPSA) is 190 Å². The first-order chi connectivity index (χ1) is 25.0. The van der Waals surface area contributed by atoms with E-state index in [4.69, 9.17) is 14.2 Å². The number of amides is 5. The van der Waals surface area contributed by atoms with Crippen molar-refractivity contribution >= 4 is 39.9 Å². The summed E-state index contributed by atoms with van der Waals surface area (Å²) in [6, 6.07) is 5.66. The highest BCUT2D eigenvalue weighted by molar-refractivity contribution is 7.91. The highest BCUT2D eigenvalue weighted by Gasteiger charge is 2.62. The summed E-state index contributed by atoms with van der Waals surface area (Å²) in [5.41, 5.74) is 0.657. The summed E-state index contributed by atoms with van der Waals surface area (Å²) in [5.74, 6) is -2.47. The monoisotopic (exact) mass is 741 g/mol. The number of alkyl carbamates (subject to hydrolysis) is 1. The number of carbonyl (C=O) groups excluding carboxylic acids is 5. The van der Waals surface area contributed by atoms with Crippen LogP contribution in [0.4, 0.5) is 9.59 Å². The van der Waals surface area contributed by atoms with Crippen molar-refractivity contribution in [3.8, 4) is 0 Å². The lowest BCUT2D eigenvalue weighted by Crippen LogP contribution is -2.58. The van der Waals surface area contributed by atoms with Crippen LogP contribution in [0.3, 0.4) is 0 Å². The van der Waals surface area contributed by atoms with Gasteiger partial charge in [0, 0.05) is 31.8 Å². The Balaban J connectivity index is 1.12. The summed E-state index contributed by atoms with van der Waals surface area (Å²) in [7, 11) is -3.90. The van der Waals surface area contributed by atoms with Crippen molar-refractivity contribution in [3.05, 3.63) is 47.5 Å². The first kappa shape index (κ1) is 36.2. The van der Waals surface area contributed by atoms with E-state index < -0.39 is 80.9 Å². The molecule has 1 aromatic rings. The predicted molar refractivity (Wildman–Crippen MR) is 185 cm³/mol. The Bertz CT molecular complexity index is 1710. The minimum absolute atomic E-state index is 0.0527. The van der Waals surface area contributed by atoms with E-state index in [1.54, 1.807) is 4.90 Å². The van der Waals surface area contributed by atoms with Gasteiger partial charge in [-0.05, 0) is 56.1 Å². The van der Waals surface area contributed by atoms with Crippen molar-refractivity contribution in [3.63, 3.8) is 0 Å². The molecule has 0 spiro atoms. The number of rotatable bonds is 6. The van der Waals surface area contributed by atoms with Gasteiger partial charge in [-0.3, -0.25) is 19.1 Å². The standard InChI is InChI=1S/C36H47N5O10S/c42-31-30-18-27(51-35(46)40-16-14-23-8-6-7-9-24(23)20-40)21-41(30)32(43)29(37-34(45)50-26-15-17-49-22-26)11-5-3-1-2-4-10-25-19-36(25,38-31)33(44)39-52(47,48)28-12-13-28/h4,6-10,25-30H,1-3,5,11-22H2,(H,37,45)(H,38,42)(H,39,44)/b10-4-/t25-,26+,27-,29+,30+,36-/m1/s1. The highest BCUT2D eigenvalue weighted by atomic mass is 32.2. The molecule has 2 aliphatic carbocycles. The van der Waals surface area contributed by atoms with Crippen LogP contribution in [0.5, 0.6) is 0 Å². The van der Waals surface area contributed by atoms with Gasteiger partial charge in [0.05, 0.1) is 25.0 Å². The maximum absolute atomic E-state index is 14.4. The molecule has 2 saturated heterocycles. The number of carbonyl (C=O) groups is 5. The number of hydrogen-bond donors (Lipinski definition) is 3. The van der Waals surface area contributed by atoms with Gasteiger partial charge in [0.25, 0.3) is 5.91 Å². The van der Waals surface area contributed by atoms with Crippen LogP contribution in [0.25, 0.3) is 0 Å². The number of nitrogens with one attached hydrogen (secondary N) is 3. The third-order valence-corrected chi connectivity index (χ3v) is 12.8. The third-order valence-electron chi connectivity index (χ3n) is 11.0. The van der Waals surface area contributed by atoms with E-state index >= 15 is 0 Å². The Morgan fingerprint density at radius 3 is 2.56 bits per heavy atom. The number of fused-ring (bicyclic) bond motifs is 3. The van der Waals surface area contributed by atoms with E-state index in [1.807, 2.05) is 36.4 Å². The molecule has 0 radical (unpaired) electrons. The van der Waals surface area contributed by atoms with Crippen LogP contribution < -0.4 is 15.4 Å². The molecule has 2 saturated carbocycles. The lowest BCUT2D eigenvalue weighted by Gasteiger charge is -2.30. The smallest absolute Gasteiger partial charge is 0.410 e. The van der Waals surface area contributed by atoms with Gasteiger partial charge in [-0.2, -0.15) is 0 Å². The normalized spacial score (nSPS) is 31.4. The van der Waals surface area contributed by atoms with Crippen molar-refractivity contribution < 1.29 is 46.6 Å². The average molecular weight is 742 g/mol. The van der Waals surface area contributed by atoms with Crippen molar-refractivity contribution in [1.29, 1.82) is 0 Å². The molecule has 6 atom stereocenters. The second-order valence-electron chi connectivity index (χ2n) is 14.8. The summed E-state index contributed by atoms with van der Waals surface area (Å²) < 4.78 is 44.5. The van der Waals surface area contributed by atoms with Gasteiger partial charge in [0.1, 0.15) is 29.8 Å². The fraction of sp³-hybridized carbons (Fsp3) is 0.639. The lowest BCUT2D eigenvalue weighted by atomic mass is 10.0. The number of sulfonamides is 1. The van der Waals surface area contributed by atoms with Crippen molar-refractivity contribution in [2.75, 3.05) is 26.3 Å². The van der Waals surface area contributed by atoms with Gasteiger partial charge in [-0.1, -0.05) is 49.3 Å². The van der Waals surface area contributed by atoms with E-state index in [2.05, 4.69) is 15.4 Å². The molecule has 4 heterocycles. The number of hydrogen-bond acceptors (Lipinski definition) is 10. The summed E-state index contributed by atoms with van der Waals surface area (Å²) in [4.78, 5) is 71.5. The zero-order chi connectivity index (χ0) is 36.5. The Labute approximate surface area is 303 Å². The van der Waals surface area contributed by atoms with Gasteiger partial charge in [-0.25, -0.2) is 18.0 Å². The van der Waals surface area contributed by atoms with E-state index in [0.29, 0.717) is 58.2 Å². The van der Waals surface area contributed by atoms with E-state index in [0.717, 1.165) is 24.0 Å². The fourth-order valence-corrected chi connectivity index (χ4v) is 9.01. The minimum atomic E-state index is -3.90. The molecule has 4 fully saturated rings. The summed E-state index contributed by atoms with van der Waals surface area (Å²) in [5, 5.41) is 4.91. The lowest BCUT2D eigenvalue weighted by molar-refractivity contribution is -0.141. The molecule has 1 aromatic carbocycles. The highest BCUT2D eigenvalue weighted by Crippen LogP contribution is 2.46. The van der Waals surface area contributed by atoms with Crippen LogP contribution in [0.15, 0.2) is 36.4 Å². The molecule has 0 aromatic heterocycles. The minimum Gasteiger partial charge on any atom is -0.444 e. The third kappa shape index (κ3) is 8.07. The second-order valence-corrected chi connectivity index (χ2v) is 16.7. The molecule has 0 unspecified atom stereocenters. The first-order valence-electron chi connectivity index (χ1n) is 18.4. The van der Waals surface area contributed by atoms with E-state index in [1.165, 1.54) is 4.90 Å². The SMILES string of the molecule is O=C(N[C@H]1CCCCC/C=C\[C@@H]2C[C@@]2(C(=O)NS(=O)(=O)C2CC2)NC(=O)[C@@H]2C[C@@H](OC(=O)N3CCc4ccccc4C3)CN2C1=O)O[C@H]1CCOC1. The van der Waals surface area contributed by atoms with E-state index in [9.17, 15) is 32.4 Å². The Morgan fingerprint density at radius 1 is 0.981 bits per heavy atom. The van der Waals surface area contributed by atoms with Crippen LogP contribution in [0, 0.1) is 5.92 Å². The number of ether oxygens (including phenoxy) is 3. The molecule has 52 heavy (non-hydrogen) atoms. The molecule has 5 amide bonds. The quantitative estimate of drug-likeness (QED) is 0.364. The molecule has 282 valence electrons. The van der Waals surface area contributed by atoms with Crippen LogP contribution >= 0.6 is 0 Å². The molecule has 6 aliphatic rings. The number of benzene rings is 1. The molecule has 15 nitrogen and oxygen atoms in total. The largest absolute Gasteiger partial charge is 0.444 e. The van der Waals surface area contributed by atoms with Crippen LogP contribution in [-0.2, 0) is 51.6 Å². The Kier molecular flexibility index (Phi) is 10.5. The Hall–Kier alpha value is -4.18. The van der Waals surface area contributed by atoms with Gasteiger partial charge in [-0.15, -0.1) is 0 Å². The van der Waals surface area contributed by atoms with Gasteiger partial charge in [0.15, 0.2) is 0 Å². The van der Waals surface area contributed by atoms with Crippen molar-refractivity contribution in [2.24, 2.45) is 5.92 Å². The molecule has 16 heteroatoms. The fourth-order valence-electron chi connectivity index (χ4n) is 7.65. The van der Waals surface area contributed by atoms with Gasteiger partial charge >= 0.3 is 12.2 Å². The zero-order valence-electron chi connectivity index (χ0n) is 29.1. The summed E-state index contributed by atoms with van der Waals surface area (Å²) >= 11 is 0. The number of nitrogens with zero attached hydrogens (tertiary/aromatic N) is 2. The molecule has 7 rings (SSSR count). The molecule has 0 bridgehead atoms. The molecular formula is C36H47N5O10S. The Morgan fingerprint density at radius 2 is 1.79 bits per heavy atom. The summed E-state index contributed by atoms with van der Waals surface area (Å²) in [6.45, 7) is 1.43. The predicted octanol–water partition coefficient (Wildman–Crippen LogP) is 2.04. The van der Waals surface area contributed by atoms with Crippen LogP contribution in [-0.4, -0.2) is 110 Å². The van der Waals surface area contributed by atoms with Crippen LogP contribution in [0.1, 0.15) is 75.3 Å². The maximum Gasteiger partial charge on any atom is 0.410 e. The maximum atomic E-state index is 14.4. The van der Waals surface area contributed by atoms with Crippen molar-refractivity contribution in [2.45, 2.75) is 112 Å². The zero-order valence-corrected chi connectivity index (χ0v) is 29.9. The van der Waals surface area contributed by atoms with Gasteiger partial charge in [0.2, 0.25) is 21.8 Å². The number of allylic oxidation sites excluding steroid dienone is 1. The average Bonchev–Trinajstić information content (AvgIpc) is 4.00. The molecule has 3 N–H and O–H groups in total. The van der Waals surface area contributed by atoms with Crippen molar-refractivity contribution in [1.82, 2.24) is 25.2 Å². The molecular weight excluding hydrogens is 694 g/mol. The molecule has 4 aliphatic heterocycles.